The number of methoxy groups -OCH3 is 3. The van der Waals surface area contributed by atoms with Crippen LogP contribution in [0.5, 0.6) is 11.5 Å². The van der Waals surface area contributed by atoms with E-state index in [0.717, 1.165) is 11.1 Å². The van der Waals surface area contributed by atoms with Crippen LogP contribution >= 0.6 is 0 Å². The number of esters is 1. The third-order valence-corrected chi connectivity index (χ3v) is 5.03. The van der Waals surface area contributed by atoms with Gasteiger partial charge in [0.15, 0.2) is 11.5 Å². The zero-order valence-electron chi connectivity index (χ0n) is 18.4. The molecule has 0 aliphatic rings. The Morgan fingerprint density at radius 3 is 2.10 bits per heavy atom. The Morgan fingerprint density at radius 1 is 0.900 bits per heavy atom. The van der Waals surface area contributed by atoms with Crippen molar-refractivity contribution in [3.05, 3.63) is 59.2 Å². The summed E-state index contributed by atoms with van der Waals surface area (Å²) in [5, 5.41) is 2.95. The fraction of sp³-hybridized carbons (Fsp3) is 0.417. The maximum atomic E-state index is 12.6. The zero-order chi connectivity index (χ0) is 22.1. The molecule has 1 amide bonds. The van der Waals surface area contributed by atoms with Crippen molar-refractivity contribution in [3.63, 3.8) is 0 Å². The summed E-state index contributed by atoms with van der Waals surface area (Å²) < 4.78 is 15.4. The maximum Gasteiger partial charge on any atom is 0.307 e. The molecule has 1 N–H and O–H groups in total. The van der Waals surface area contributed by atoms with Gasteiger partial charge in [0, 0.05) is 6.42 Å². The average Bonchev–Trinajstić information content (AvgIpc) is 2.76. The number of hydrogen-bond donors (Lipinski definition) is 1. The number of carbonyl (C=O) groups excluding carboxylic acids is 2. The SMILES string of the molecule is COC(=O)CC(NC(=O)CCc1ccc(C(C)C)cc1)c1ccc(OC)c(OC)c1. The lowest BCUT2D eigenvalue weighted by atomic mass is 10.00. The van der Waals surface area contributed by atoms with Crippen molar-refractivity contribution in [2.75, 3.05) is 21.3 Å². The van der Waals surface area contributed by atoms with Crippen LogP contribution in [0.2, 0.25) is 0 Å². The third kappa shape index (κ3) is 6.51. The van der Waals surface area contributed by atoms with Crippen molar-refractivity contribution >= 4 is 11.9 Å². The molecule has 6 heteroatoms. The number of nitrogens with one attached hydrogen (secondary N) is 1. The van der Waals surface area contributed by atoms with Crippen molar-refractivity contribution in [2.24, 2.45) is 0 Å². The van der Waals surface area contributed by atoms with E-state index in [1.165, 1.54) is 12.7 Å². The summed E-state index contributed by atoms with van der Waals surface area (Å²) in [5.74, 6) is 1.05. The molecule has 0 fully saturated rings. The van der Waals surface area contributed by atoms with Gasteiger partial charge in [-0.1, -0.05) is 44.2 Å². The first-order chi connectivity index (χ1) is 14.4. The molecule has 30 heavy (non-hydrogen) atoms. The fourth-order valence-corrected chi connectivity index (χ4v) is 3.17. The van der Waals surface area contributed by atoms with Gasteiger partial charge in [0.1, 0.15) is 0 Å². The normalized spacial score (nSPS) is 11.7. The van der Waals surface area contributed by atoms with Gasteiger partial charge in [0.05, 0.1) is 33.8 Å². The van der Waals surface area contributed by atoms with Crippen molar-refractivity contribution in [1.82, 2.24) is 5.32 Å². The van der Waals surface area contributed by atoms with E-state index < -0.39 is 12.0 Å². The summed E-state index contributed by atoms with van der Waals surface area (Å²) in [5.41, 5.74) is 3.12. The first-order valence-electron chi connectivity index (χ1n) is 10.0. The van der Waals surface area contributed by atoms with Crippen LogP contribution in [-0.2, 0) is 20.7 Å². The first kappa shape index (κ1) is 23.3. The van der Waals surface area contributed by atoms with Crippen molar-refractivity contribution in [1.29, 1.82) is 0 Å². The molecule has 1 atom stereocenters. The molecule has 0 spiro atoms. The van der Waals surface area contributed by atoms with Crippen LogP contribution < -0.4 is 14.8 Å². The van der Waals surface area contributed by atoms with E-state index in [1.807, 2.05) is 0 Å². The Hall–Kier alpha value is -3.02. The molecule has 0 bridgehead atoms. The number of ether oxygens (including phenoxy) is 3. The Morgan fingerprint density at radius 2 is 1.53 bits per heavy atom. The first-order valence-corrected chi connectivity index (χ1v) is 10.0. The highest BCUT2D eigenvalue weighted by Gasteiger charge is 2.20. The molecule has 0 saturated heterocycles. The highest BCUT2D eigenvalue weighted by atomic mass is 16.5. The molecule has 0 radical (unpaired) electrons. The van der Waals surface area contributed by atoms with Crippen molar-refractivity contribution < 1.29 is 23.8 Å². The molecule has 6 nitrogen and oxygen atoms in total. The molecule has 0 aromatic heterocycles. The quantitative estimate of drug-likeness (QED) is 0.592. The molecule has 1 unspecified atom stereocenters. The van der Waals surface area contributed by atoms with Gasteiger partial charge >= 0.3 is 5.97 Å². The Bertz CT molecular complexity index is 845. The zero-order valence-corrected chi connectivity index (χ0v) is 18.4. The van der Waals surface area contributed by atoms with Gasteiger partial charge in [-0.15, -0.1) is 0 Å². The highest BCUT2D eigenvalue weighted by Crippen LogP contribution is 2.31. The van der Waals surface area contributed by atoms with E-state index in [9.17, 15) is 9.59 Å². The number of rotatable bonds is 10. The standard InChI is InChI=1S/C24H31NO5/c1-16(2)18-9-6-17(7-10-18)8-13-23(26)25-20(15-24(27)30-5)19-11-12-21(28-3)22(14-19)29-4/h6-7,9-12,14,16,20H,8,13,15H2,1-5H3,(H,25,26). The Balaban J connectivity index is 2.08. The van der Waals surface area contributed by atoms with Crippen LogP contribution in [0.3, 0.4) is 0 Å². The van der Waals surface area contributed by atoms with Crippen molar-refractivity contribution in [2.45, 2.75) is 45.1 Å². The predicted molar refractivity (Wildman–Crippen MR) is 116 cm³/mol. The van der Waals surface area contributed by atoms with E-state index >= 15 is 0 Å². The predicted octanol–water partition coefficient (Wildman–Crippen LogP) is 4.18. The number of aryl methyl sites for hydroxylation is 1. The Labute approximate surface area is 178 Å². The number of hydrogen-bond acceptors (Lipinski definition) is 5. The second-order valence-corrected chi connectivity index (χ2v) is 7.41. The molecule has 2 aromatic rings. The summed E-state index contributed by atoms with van der Waals surface area (Å²) >= 11 is 0. The lowest BCUT2D eigenvalue weighted by Gasteiger charge is -2.20. The van der Waals surface area contributed by atoms with Crippen LogP contribution in [0.15, 0.2) is 42.5 Å². The minimum absolute atomic E-state index is 0.0286. The van der Waals surface area contributed by atoms with Gasteiger partial charge in [-0.05, 0) is 41.2 Å². The van der Waals surface area contributed by atoms with Gasteiger partial charge in [0.2, 0.25) is 5.91 Å². The number of carbonyl (C=O) groups is 2. The van der Waals surface area contributed by atoms with Crippen LogP contribution in [0.4, 0.5) is 0 Å². The van der Waals surface area contributed by atoms with Gasteiger partial charge in [-0.2, -0.15) is 0 Å². The van der Waals surface area contributed by atoms with E-state index in [-0.39, 0.29) is 12.3 Å². The van der Waals surface area contributed by atoms with E-state index in [4.69, 9.17) is 14.2 Å². The lowest BCUT2D eigenvalue weighted by Crippen LogP contribution is -2.30. The molecule has 2 aromatic carbocycles. The Kier molecular flexibility index (Phi) is 8.71. The average molecular weight is 414 g/mol. The number of benzene rings is 2. The molecule has 2 rings (SSSR count). The molecule has 0 aliphatic heterocycles. The minimum Gasteiger partial charge on any atom is -0.493 e. The van der Waals surface area contributed by atoms with Gasteiger partial charge < -0.3 is 19.5 Å². The van der Waals surface area contributed by atoms with Gasteiger partial charge in [-0.25, -0.2) is 0 Å². The molecular formula is C24H31NO5. The summed E-state index contributed by atoms with van der Waals surface area (Å²) in [7, 11) is 4.43. The monoisotopic (exact) mass is 413 g/mol. The summed E-state index contributed by atoms with van der Waals surface area (Å²) in [6.07, 6.45) is 0.980. The smallest absolute Gasteiger partial charge is 0.307 e. The lowest BCUT2D eigenvalue weighted by molar-refractivity contribution is -0.141. The highest BCUT2D eigenvalue weighted by molar-refractivity contribution is 5.78. The fourth-order valence-electron chi connectivity index (χ4n) is 3.17. The van der Waals surface area contributed by atoms with Gasteiger partial charge in [0.25, 0.3) is 0 Å². The van der Waals surface area contributed by atoms with Crippen LogP contribution in [0.1, 0.15) is 55.3 Å². The van der Waals surface area contributed by atoms with Crippen LogP contribution in [-0.4, -0.2) is 33.2 Å². The van der Waals surface area contributed by atoms with Crippen molar-refractivity contribution in [3.8, 4) is 11.5 Å². The third-order valence-electron chi connectivity index (χ3n) is 5.03. The number of amides is 1. The second kappa shape index (κ2) is 11.2. The topological polar surface area (TPSA) is 73.9 Å². The summed E-state index contributed by atoms with van der Waals surface area (Å²) in [4.78, 5) is 24.5. The van der Waals surface area contributed by atoms with E-state index in [2.05, 4.69) is 43.4 Å². The van der Waals surface area contributed by atoms with Crippen LogP contribution in [0.25, 0.3) is 0 Å². The summed E-state index contributed by atoms with van der Waals surface area (Å²) in [6, 6.07) is 13.1. The largest absolute Gasteiger partial charge is 0.493 e. The van der Waals surface area contributed by atoms with Gasteiger partial charge in [-0.3, -0.25) is 9.59 Å². The van der Waals surface area contributed by atoms with E-state index in [0.29, 0.717) is 30.3 Å². The molecule has 0 heterocycles. The molecule has 0 saturated carbocycles. The molecule has 0 aliphatic carbocycles. The van der Waals surface area contributed by atoms with E-state index in [1.54, 1.807) is 32.4 Å². The van der Waals surface area contributed by atoms with Crippen LogP contribution in [0, 0.1) is 0 Å². The summed E-state index contributed by atoms with van der Waals surface area (Å²) in [6.45, 7) is 4.30. The molecule has 162 valence electrons. The maximum absolute atomic E-state index is 12.6. The second-order valence-electron chi connectivity index (χ2n) is 7.41. The minimum atomic E-state index is -0.520. The molecular weight excluding hydrogens is 382 g/mol.